The normalized spacial score (nSPS) is 33.0. The summed E-state index contributed by atoms with van der Waals surface area (Å²) in [5.41, 5.74) is 1.25. The van der Waals surface area contributed by atoms with Crippen molar-refractivity contribution in [1.29, 1.82) is 0 Å². The van der Waals surface area contributed by atoms with E-state index in [-0.39, 0.29) is 29.4 Å². The van der Waals surface area contributed by atoms with Crippen molar-refractivity contribution in [2.24, 2.45) is 23.2 Å². The number of benzene rings is 1. The van der Waals surface area contributed by atoms with Crippen LogP contribution in [0.3, 0.4) is 0 Å². The molecule has 2 aliphatic carbocycles. The Kier molecular flexibility index (Phi) is 6.83. The van der Waals surface area contributed by atoms with Gasteiger partial charge in [-0.05, 0) is 62.7 Å². The fourth-order valence-corrected chi connectivity index (χ4v) is 6.02. The van der Waals surface area contributed by atoms with Crippen molar-refractivity contribution < 1.29 is 14.4 Å². The molecule has 0 unspecified atom stereocenters. The maximum atomic E-state index is 13.9. The minimum absolute atomic E-state index is 0.0974. The third kappa shape index (κ3) is 4.16. The molecular formula is C29H35NO3. The van der Waals surface area contributed by atoms with Gasteiger partial charge in [0.25, 0.3) is 0 Å². The van der Waals surface area contributed by atoms with Crippen molar-refractivity contribution in [1.82, 2.24) is 5.32 Å². The van der Waals surface area contributed by atoms with Crippen LogP contribution in [-0.2, 0) is 20.8 Å². The quantitative estimate of drug-likeness (QED) is 0.506. The van der Waals surface area contributed by atoms with E-state index in [0.717, 1.165) is 43.2 Å². The van der Waals surface area contributed by atoms with E-state index in [2.05, 4.69) is 12.2 Å². The molecule has 1 aromatic rings. The average molecular weight is 446 g/mol. The largest absolute Gasteiger partial charge is 0.351 e. The van der Waals surface area contributed by atoms with Gasteiger partial charge in [-0.2, -0.15) is 0 Å². The molecule has 1 heterocycles. The van der Waals surface area contributed by atoms with E-state index < -0.39 is 11.3 Å². The standard InChI is InChI=1S/C29H35NO3/c1-19-12-7-4-5-10-17-25(31)29-23(16-11-13-19)27(32)21(3)20(2)26(29)24(30-28(29)33)18-22-14-8-6-9-15-22/h6,8-11,14-17,19,23-24,26H,4-5,7,12-13,18H2,1-3H3,(H,30,33)/t19-,23-,24-,26-,29+/m1/s1. The van der Waals surface area contributed by atoms with Crippen molar-refractivity contribution >= 4 is 17.5 Å². The lowest BCUT2D eigenvalue weighted by atomic mass is 9.55. The summed E-state index contributed by atoms with van der Waals surface area (Å²) in [6.07, 6.45) is 12.9. The summed E-state index contributed by atoms with van der Waals surface area (Å²) in [7, 11) is 0. The van der Waals surface area contributed by atoms with Gasteiger partial charge in [0.1, 0.15) is 5.41 Å². The number of ketones is 2. The van der Waals surface area contributed by atoms with Crippen molar-refractivity contribution in [3.05, 3.63) is 71.3 Å². The van der Waals surface area contributed by atoms with E-state index in [1.807, 2.05) is 62.4 Å². The highest BCUT2D eigenvalue weighted by molar-refractivity contribution is 6.19. The van der Waals surface area contributed by atoms with E-state index in [1.165, 1.54) is 0 Å². The molecule has 0 bridgehead atoms. The number of carbonyl (C=O) groups excluding carboxylic acids is 3. The van der Waals surface area contributed by atoms with Crippen LogP contribution in [0.1, 0.15) is 58.4 Å². The molecule has 4 rings (SSSR count). The van der Waals surface area contributed by atoms with Crippen LogP contribution in [0.15, 0.2) is 65.8 Å². The van der Waals surface area contributed by atoms with Gasteiger partial charge in [0.15, 0.2) is 11.6 Å². The SMILES string of the molecule is CC1=C(C)[C@@H]2[C@@H](Cc3ccccc3)NC(=O)[C@@]23C(=O)C=CCCCC[C@@H](C)CC=C[C@@H]3C1=O. The lowest BCUT2D eigenvalue weighted by Gasteiger charge is -2.42. The third-order valence-corrected chi connectivity index (χ3v) is 7.95. The molecule has 174 valence electrons. The van der Waals surface area contributed by atoms with Crippen LogP contribution in [0.4, 0.5) is 0 Å². The van der Waals surface area contributed by atoms with Gasteiger partial charge in [0, 0.05) is 12.0 Å². The molecule has 0 aromatic heterocycles. The lowest BCUT2D eigenvalue weighted by Crippen LogP contribution is -2.53. The molecule has 1 aromatic carbocycles. The first-order valence-corrected chi connectivity index (χ1v) is 12.3. The van der Waals surface area contributed by atoms with Crippen LogP contribution in [0.2, 0.25) is 0 Å². The zero-order chi connectivity index (χ0) is 23.6. The number of carbonyl (C=O) groups is 3. The zero-order valence-electron chi connectivity index (χ0n) is 20.0. The molecule has 5 atom stereocenters. The first-order valence-electron chi connectivity index (χ1n) is 12.3. The number of hydrogen-bond donors (Lipinski definition) is 1. The topological polar surface area (TPSA) is 63.2 Å². The van der Waals surface area contributed by atoms with E-state index in [1.54, 1.807) is 6.08 Å². The fraction of sp³-hybridized carbons (Fsp3) is 0.483. The van der Waals surface area contributed by atoms with Crippen LogP contribution < -0.4 is 5.32 Å². The molecule has 1 amide bonds. The number of nitrogens with one attached hydrogen (secondary N) is 1. The number of hydrogen-bond acceptors (Lipinski definition) is 3. The maximum Gasteiger partial charge on any atom is 0.236 e. The van der Waals surface area contributed by atoms with E-state index >= 15 is 0 Å². The van der Waals surface area contributed by atoms with Crippen LogP contribution in [0, 0.1) is 23.2 Å². The second-order valence-corrected chi connectivity index (χ2v) is 10.1. The number of rotatable bonds is 2. The smallest absolute Gasteiger partial charge is 0.236 e. The maximum absolute atomic E-state index is 13.9. The summed E-state index contributed by atoms with van der Waals surface area (Å²) >= 11 is 0. The number of allylic oxidation sites excluding steroid dienone is 5. The van der Waals surface area contributed by atoms with Crippen LogP contribution in [0.5, 0.6) is 0 Å². The molecule has 0 radical (unpaired) electrons. The summed E-state index contributed by atoms with van der Waals surface area (Å²) in [6.45, 7) is 6.00. The average Bonchev–Trinajstić information content (AvgIpc) is 3.09. The molecule has 1 fully saturated rings. The number of Topliss-reactive ketones (excluding diaryl/α,β-unsaturated/α-hetero) is 1. The molecule has 1 spiro atoms. The zero-order valence-corrected chi connectivity index (χ0v) is 20.0. The second-order valence-electron chi connectivity index (χ2n) is 10.1. The van der Waals surface area contributed by atoms with Gasteiger partial charge in [-0.3, -0.25) is 14.4 Å². The highest BCUT2D eigenvalue weighted by Crippen LogP contribution is 2.53. The second kappa shape index (κ2) is 9.62. The van der Waals surface area contributed by atoms with Crippen LogP contribution in [-0.4, -0.2) is 23.5 Å². The molecule has 4 nitrogen and oxygen atoms in total. The van der Waals surface area contributed by atoms with Gasteiger partial charge in [-0.1, -0.05) is 73.9 Å². The Labute approximate surface area is 197 Å². The summed E-state index contributed by atoms with van der Waals surface area (Å²) in [5.74, 6) is -1.24. The van der Waals surface area contributed by atoms with Crippen molar-refractivity contribution in [3.8, 4) is 0 Å². The molecule has 3 aliphatic rings. The molecule has 33 heavy (non-hydrogen) atoms. The predicted octanol–water partition coefficient (Wildman–Crippen LogP) is 5.15. The predicted molar refractivity (Wildman–Crippen MR) is 130 cm³/mol. The Balaban J connectivity index is 1.84. The van der Waals surface area contributed by atoms with Gasteiger partial charge in [-0.25, -0.2) is 0 Å². The van der Waals surface area contributed by atoms with Crippen molar-refractivity contribution in [2.45, 2.75) is 65.3 Å². The first kappa shape index (κ1) is 23.4. The Bertz CT molecular complexity index is 1020. The lowest BCUT2D eigenvalue weighted by molar-refractivity contribution is -0.146. The molecular weight excluding hydrogens is 410 g/mol. The Hall–Kier alpha value is -2.75. The Morgan fingerprint density at radius 1 is 1.03 bits per heavy atom. The minimum atomic E-state index is -1.41. The molecule has 1 aliphatic heterocycles. The van der Waals surface area contributed by atoms with Gasteiger partial charge >= 0.3 is 0 Å². The first-order chi connectivity index (χ1) is 15.9. The summed E-state index contributed by atoms with van der Waals surface area (Å²) in [5, 5.41) is 3.16. The number of amides is 1. The Morgan fingerprint density at radius 3 is 2.55 bits per heavy atom. The highest BCUT2D eigenvalue weighted by Gasteiger charge is 2.66. The van der Waals surface area contributed by atoms with Gasteiger partial charge in [0.2, 0.25) is 5.91 Å². The fourth-order valence-electron chi connectivity index (χ4n) is 6.02. The van der Waals surface area contributed by atoms with Gasteiger partial charge in [0.05, 0.1) is 5.92 Å². The van der Waals surface area contributed by atoms with Gasteiger partial charge < -0.3 is 5.32 Å². The summed E-state index contributed by atoms with van der Waals surface area (Å²) in [4.78, 5) is 41.2. The van der Waals surface area contributed by atoms with E-state index in [4.69, 9.17) is 0 Å². The van der Waals surface area contributed by atoms with E-state index in [9.17, 15) is 14.4 Å². The highest BCUT2D eigenvalue weighted by atomic mass is 16.2. The van der Waals surface area contributed by atoms with Crippen molar-refractivity contribution in [3.63, 3.8) is 0 Å². The Morgan fingerprint density at radius 2 is 1.79 bits per heavy atom. The van der Waals surface area contributed by atoms with Crippen LogP contribution >= 0.6 is 0 Å². The van der Waals surface area contributed by atoms with Crippen molar-refractivity contribution in [2.75, 3.05) is 0 Å². The van der Waals surface area contributed by atoms with E-state index in [0.29, 0.717) is 17.9 Å². The summed E-state index contributed by atoms with van der Waals surface area (Å²) < 4.78 is 0. The monoisotopic (exact) mass is 445 g/mol. The molecule has 1 saturated heterocycles. The molecule has 0 saturated carbocycles. The minimum Gasteiger partial charge on any atom is -0.351 e. The molecule has 4 heteroatoms. The molecule has 1 N–H and O–H groups in total. The summed E-state index contributed by atoms with van der Waals surface area (Å²) in [6, 6.07) is 9.80. The third-order valence-electron chi connectivity index (χ3n) is 7.95. The van der Waals surface area contributed by atoms with Crippen LogP contribution in [0.25, 0.3) is 0 Å². The van der Waals surface area contributed by atoms with Gasteiger partial charge in [-0.15, -0.1) is 0 Å².